The van der Waals surface area contributed by atoms with Gasteiger partial charge in [0.15, 0.2) is 5.60 Å². The lowest BCUT2D eigenvalue weighted by Gasteiger charge is -2.31. The summed E-state index contributed by atoms with van der Waals surface area (Å²) in [7, 11) is -2.03. The number of aryl methyl sites for hydroxylation is 1. The second kappa shape index (κ2) is 12.9. The van der Waals surface area contributed by atoms with Crippen molar-refractivity contribution < 1.29 is 18.8 Å². The highest BCUT2D eigenvalue weighted by molar-refractivity contribution is 8.03. The average Bonchev–Trinajstić information content (AvgIpc) is 2.74. The van der Waals surface area contributed by atoms with Crippen LogP contribution in [-0.4, -0.2) is 36.4 Å². The third-order valence-corrected chi connectivity index (χ3v) is 8.02. The zero-order valence-electron chi connectivity index (χ0n) is 17.3. The lowest BCUT2D eigenvalue weighted by Crippen LogP contribution is -2.46. The normalized spacial score (nSPS) is 14.1. The van der Waals surface area contributed by atoms with Crippen LogP contribution in [0.25, 0.3) is 0 Å². The molecule has 0 heterocycles. The van der Waals surface area contributed by atoms with Gasteiger partial charge in [0, 0.05) is 23.2 Å². The van der Waals surface area contributed by atoms with Gasteiger partial charge in [-0.15, -0.1) is 11.8 Å². The van der Waals surface area contributed by atoms with Crippen molar-refractivity contribution in [2.75, 3.05) is 24.9 Å². The van der Waals surface area contributed by atoms with Crippen molar-refractivity contribution in [2.24, 2.45) is 0 Å². The molecule has 0 saturated carbocycles. The monoisotopic (exact) mass is 434 g/mol. The second-order valence-corrected chi connectivity index (χ2v) is 10.1. The number of esters is 1. The zero-order chi connectivity index (χ0) is 21.0. The molecule has 2 aromatic carbocycles. The maximum absolute atomic E-state index is 12.9. The van der Waals surface area contributed by atoms with Crippen molar-refractivity contribution in [2.45, 2.75) is 43.6 Å². The minimum Gasteiger partial charge on any atom is -0.464 e. The number of carbonyl (C=O) groups excluding carboxylic acids is 1. The molecule has 2 rings (SSSR count). The van der Waals surface area contributed by atoms with Gasteiger partial charge in [0.2, 0.25) is 0 Å². The highest BCUT2D eigenvalue weighted by Gasteiger charge is 2.41. The number of hydrogen-bond acceptors (Lipinski definition) is 5. The van der Waals surface area contributed by atoms with Crippen LogP contribution in [0.15, 0.2) is 65.6 Å². The Labute approximate surface area is 179 Å². The van der Waals surface area contributed by atoms with Gasteiger partial charge in [-0.1, -0.05) is 48.5 Å². The maximum atomic E-state index is 12.9. The first-order valence-corrected chi connectivity index (χ1v) is 12.9. The van der Waals surface area contributed by atoms with Gasteiger partial charge in [0.25, 0.3) is 0 Å². The number of ether oxygens (including phenoxy) is 2. The van der Waals surface area contributed by atoms with Crippen LogP contribution in [-0.2, 0) is 25.3 Å². The van der Waals surface area contributed by atoms with Crippen LogP contribution < -0.4 is 0 Å². The minimum atomic E-state index is -2.03. The Morgan fingerprint density at radius 3 is 2.28 bits per heavy atom. The van der Waals surface area contributed by atoms with Crippen molar-refractivity contribution in [3.63, 3.8) is 0 Å². The molecule has 0 fully saturated rings. The molecule has 0 saturated heterocycles. The fourth-order valence-electron chi connectivity index (χ4n) is 3.26. The fraction of sp³-hybridized carbons (Fsp3) is 0.435. The van der Waals surface area contributed by atoms with Crippen molar-refractivity contribution >= 4 is 25.5 Å². The van der Waals surface area contributed by atoms with Gasteiger partial charge in [-0.05, 0) is 50.8 Å². The van der Waals surface area contributed by atoms with Crippen LogP contribution in [0.1, 0.15) is 32.3 Å². The Balaban J connectivity index is 2.04. The molecule has 0 bridgehead atoms. The van der Waals surface area contributed by atoms with E-state index < -0.39 is 19.4 Å². The topological polar surface area (TPSA) is 52.6 Å². The molecule has 0 aliphatic carbocycles. The van der Waals surface area contributed by atoms with E-state index in [2.05, 4.69) is 12.1 Å². The summed E-state index contributed by atoms with van der Waals surface area (Å²) in [6.07, 6.45) is 2.33. The van der Waals surface area contributed by atoms with Gasteiger partial charge in [-0.3, -0.25) is 0 Å². The van der Waals surface area contributed by atoms with E-state index in [4.69, 9.17) is 9.47 Å². The first-order valence-electron chi connectivity index (χ1n) is 10.1. The summed E-state index contributed by atoms with van der Waals surface area (Å²) in [4.78, 5) is 13.9. The van der Waals surface area contributed by atoms with Crippen LogP contribution in [0, 0.1) is 0 Å². The predicted octanol–water partition coefficient (Wildman–Crippen LogP) is 5.66. The summed E-state index contributed by atoms with van der Waals surface area (Å²) in [5.74, 6) is -0.391. The Bertz CT molecular complexity index is 754. The summed E-state index contributed by atoms with van der Waals surface area (Å²) in [5.41, 5.74) is 0.572. The van der Waals surface area contributed by atoms with Crippen molar-refractivity contribution in [3.05, 3.63) is 66.2 Å². The highest BCUT2D eigenvalue weighted by atomic mass is 32.2. The lowest BCUT2D eigenvalue weighted by molar-refractivity contribution is -0.170. The van der Waals surface area contributed by atoms with E-state index in [0.29, 0.717) is 18.5 Å². The van der Waals surface area contributed by atoms with Crippen LogP contribution >= 0.6 is 19.6 Å². The third-order valence-electron chi connectivity index (χ3n) is 4.58. The molecule has 0 aliphatic rings. The molecule has 0 spiro atoms. The van der Waals surface area contributed by atoms with Crippen LogP contribution in [0.5, 0.6) is 0 Å². The molecule has 4 nitrogen and oxygen atoms in total. The molecular weight excluding hydrogens is 403 g/mol. The van der Waals surface area contributed by atoms with E-state index in [1.165, 1.54) is 5.56 Å². The molecule has 6 heteroatoms. The van der Waals surface area contributed by atoms with Gasteiger partial charge in [0.05, 0.1) is 14.4 Å². The van der Waals surface area contributed by atoms with E-state index in [9.17, 15) is 9.36 Å². The molecule has 0 aromatic heterocycles. The van der Waals surface area contributed by atoms with Crippen LogP contribution in [0.3, 0.4) is 0 Å². The van der Waals surface area contributed by atoms with E-state index in [1.54, 1.807) is 18.7 Å². The van der Waals surface area contributed by atoms with Crippen LogP contribution in [0.2, 0.25) is 0 Å². The van der Waals surface area contributed by atoms with Gasteiger partial charge in [0.1, 0.15) is 0 Å². The molecule has 2 atom stereocenters. The van der Waals surface area contributed by atoms with Crippen LogP contribution in [0.4, 0.5) is 0 Å². The summed E-state index contributed by atoms with van der Waals surface area (Å²) in [6.45, 7) is 4.31. The maximum Gasteiger partial charge on any atom is 0.338 e. The number of carbonyl (C=O) groups is 1. The predicted molar refractivity (Wildman–Crippen MR) is 121 cm³/mol. The van der Waals surface area contributed by atoms with Crippen molar-refractivity contribution in [1.29, 1.82) is 0 Å². The van der Waals surface area contributed by atoms with Gasteiger partial charge in [-0.2, -0.15) is 0 Å². The summed E-state index contributed by atoms with van der Waals surface area (Å²) >= 11 is 1.56. The summed E-state index contributed by atoms with van der Waals surface area (Å²) in [5, 5.41) is 0. The molecule has 158 valence electrons. The smallest absolute Gasteiger partial charge is 0.338 e. The summed E-state index contributed by atoms with van der Waals surface area (Å²) in [6, 6.07) is 20.0. The molecular formula is C23H31O4PS. The Morgan fingerprint density at radius 2 is 1.66 bits per heavy atom. The van der Waals surface area contributed by atoms with Crippen molar-refractivity contribution in [3.8, 4) is 0 Å². The Hall–Kier alpha value is -1.55. The van der Waals surface area contributed by atoms with Gasteiger partial charge >= 0.3 is 5.97 Å². The average molecular weight is 435 g/mol. The Kier molecular flexibility index (Phi) is 10.5. The first-order chi connectivity index (χ1) is 14.1. The molecule has 29 heavy (non-hydrogen) atoms. The van der Waals surface area contributed by atoms with E-state index in [0.717, 1.165) is 17.7 Å². The molecule has 0 amide bonds. The first kappa shape index (κ1) is 23.7. The van der Waals surface area contributed by atoms with E-state index >= 15 is 0 Å². The third kappa shape index (κ3) is 8.00. The Morgan fingerprint density at radius 1 is 1.00 bits per heavy atom. The zero-order valence-corrected chi connectivity index (χ0v) is 19.1. The SMILES string of the molecule is CCOC(=O)C(CCCc1ccccc1)(C[PH](=O)CSc1ccccc1)OCC. The van der Waals surface area contributed by atoms with Gasteiger partial charge < -0.3 is 14.0 Å². The molecule has 0 radical (unpaired) electrons. The lowest BCUT2D eigenvalue weighted by atomic mass is 9.96. The molecule has 0 aliphatic heterocycles. The quantitative estimate of drug-likeness (QED) is 0.231. The molecule has 2 aromatic rings. The van der Waals surface area contributed by atoms with Gasteiger partial charge in [-0.25, -0.2) is 4.79 Å². The fourth-order valence-corrected chi connectivity index (χ4v) is 6.39. The largest absolute Gasteiger partial charge is 0.464 e. The van der Waals surface area contributed by atoms with E-state index in [-0.39, 0.29) is 12.8 Å². The highest BCUT2D eigenvalue weighted by Crippen LogP contribution is 2.38. The number of rotatable bonds is 13. The number of hydrogen-bond donors (Lipinski definition) is 0. The number of thioether (sulfide) groups is 1. The molecule has 2 unspecified atom stereocenters. The standard InChI is InChI=1S/C23H31O4PS/c1-3-26-22(24)23(27-4-2,17-11-14-20-12-7-5-8-13-20)18-28(25)19-29-21-15-9-6-10-16-21/h5-10,12-13,15-16,28H,3-4,11,14,17-19H2,1-2H3. The molecule has 0 N–H and O–H groups in total. The number of benzene rings is 2. The summed E-state index contributed by atoms with van der Waals surface area (Å²) < 4.78 is 24.2. The minimum absolute atomic E-state index is 0.221. The van der Waals surface area contributed by atoms with E-state index in [1.807, 2.05) is 55.5 Å². The van der Waals surface area contributed by atoms with Crippen molar-refractivity contribution in [1.82, 2.24) is 0 Å². The second-order valence-electron chi connectivity index (χ2n) is 6.80.